The minimum absolute atomic E-state index is 0.142. The molecular weight excluding hydrogens is 246 g/mol. The second-order valence-electron chi connectivity index (χ2n) is 5.10. The molecule has 1 aromatic carbocycles. The zero-order chi connectivity index (χ0) is 14.4. The molecule has 3 heteroatoms. The molecule has 106 valence electrons. The number of hydrogen-bond donors (Lipinski definition) is 1. The fourth-order valence-electron chi connectivity index (χ4n) is 2.17. The Morgan fingerprint density at radius 2 is 1.90 bits per heavy atom. The van der Waals surface area contributed by atoms with Crippen molar-refractivity contribution in [2.45, 2.75) is 25.8 Å². The summed E-state index contributed by atoms with van der Waals surface area (Å²) < 4.78 is 0. The van der Waals surface area contributed by atoms with Crippen molar-refractivity contribution in [3.63, 3.8) is 0 Å². The van der Waals surface area contributed by atoms with E-state index in [-0.39, 0.29) is 6.04 Å². The van der Waals surface area contributed by atoms with Gasteiger partial charge in [-0.1, -0.05) is 25.1 Å². The second kappa shape index (κ2) is 7.06. The van der Waals surface area contributed by atoms with Gasteiger partial charge in [-0.15, -0.1) is 0 Å². The van der Waals surface area contributed by atoms with E-state index in [2.05, 4.69) is 54.2 Å². The minimum Gasteiger partial charge on any atom is -0.374 e. The number of likely N-dealkylation sites (N-methyl/N-ethyl adjacent to an activating group) is 1. The van der Waals surface area contributed by atoms with Crippen LogP contribution in [0, 0.1) is 0 Å². The molecule has 3 nitrogen and oxygen atoms in total. The van der Waals surface area contributed by atoms with Crippen LogP contribution in [0.3, 0.4) is 0 Å². The van der Waals surface area contributed by atoms with Gasteiger partial charge in [-0.25, -0.2) is 0 Å². The smallest absolute Gasteiger partial charge is 0.0421 e. The lowest BCUT2D eigenvalue weighted by molar-refractivity contribution is 0.698. The van der Waals surface area contributed by atoms with Crippen molar-refractivity contribution in [3.8, 4) is 0 Å². The first-order chi connectivity index (χ1) is 9.70. The van der Waals surface area contributed by atoms with Gasteiger partial charge >= 0.3 is 0 Å². The molecule has 2 N–H and O–H groups in total. The average molecular weight is 269 g/mol. The van der Waals surface area contributed by atoms with Crippen LogP contribution in [0.2, 0.25) is 0 Å². The molecule has 0 saturated heterocycles. The molecule has 0 bridgehead atoms. The molecule has 0 fully saturated rings. The predicted octanol–water partition coefficient (Wildman–Crippen LogP) is 3.17. The first-order valence-electron chi connectivity index (χ1n) is 7.17. The number of anilines is 1. The minimum atomic E-state index is 0.142. The molecule has 0 radical (unpaired) electrons. The van der Waals surface area contributed by atoms with Crippen LogP contribution in [0.4, 0.5) is 5.69 Å². The van der Waals surface area contributed by atoms with Crippen molar-refractivity contribution in [3.05, 3.63) is 59.9 Å². The van der Waals surface area contributed by atoms with Crippen molar-refractivity contribution >= 4 is 5.69 Å². The monoisotopic (exact) mass is 269 g/mol. The van der Waals surface area contributed by atoms with Crippen LogP contribution < -0.4 is 10.6 Å². The summed E-state index contributed by atoms with van der Waals surface area (Å²) >= 11 is 0. The highest BCUT2D eigenvalue weighted by Gasteiger charge is 2.05. The van der Waals surface area contributed by atoms with Gasteiger partial charge in [-0.3, -0.25) is 4.98 Å². The highest BCUT2D eigenvalue weighted by molar-refractivity contribution is 5.47. The van der Waals surface area contributed by atoms with Gasteiger partial charge in [0.25, 0.3) is 0 Å². The Morgan fingerprint density at radius 3 is 2.50 bits per heavy atom. The third-order valence-corrected chi connectivity index (χ3v) is 3.63. The summed E-state index contributed by atoms with van der Waals surface area (Å²) in [6, 6.07) is 14.7. The predicted molar refractivity (Wildman–Crippen MR) is 84.9 cm³/mol. The zero-order valence-corrected chi connectivity index (χ0v) is 12.3. The van der Waals surface area contributed by atoms with Gasteiger partial charge in [-0.05, 0) is 36.2 Å². The first kappa shape index (κ1) is 14.5. The Hall–Kier alpha value is -1.87. The van der Waals surface area contributed by atoms with Crippen molar-refractivity contribution < 1.29 is 0 Å². The summed E-state index contributed by atoms with van der Waals surface area (Å²) in [6.45, 7) is 3.06. The molecule has 2 rings (SSSR count). The van der Waals surface area contributed by atoms with Gasteiger partial charge in [0.15, 0.2) is 0 Å². The Kier molecular flexibility index (Phi) is 5.13. The van der Waals surface area contributed by atoms with Crippen molar-refractivity contribution in [2.75, 3.05) is 18.5 Å². The van der Waals surface area contributed by atoms with Crippen LogP contribution in [0.15, 0.2) is 48.7 Å². The molecule has 0 spiro atoms. The van der Waals surface area contributed by atoms with Crippen molar-refractivity contribution in [2.24, 2.45) is 5.73 Å². The highest BCUT2D eigenvalue weighted by Crippen LogP contribution is 2.19. The summed E-state index contributed by atoms with van der Waals surface area (Å²) in [5.41, 5.74) is 9.58. The first-order valence-corrected chi connectivity index (χ1v) is 7.17. The zero-order valence-electron chi connectivity index (χ0n) is 12.3. The van der Waals surface area contributed by atoms with Gasteiger partial charge < -0.3 is 10.6 Å². The third-order valence-electron chi connectivity index (χ3n) is 3.63. The lowest BCUT2D eigenvalue weighted by atomic mass is 10.1. The normalized spacial score (nSPS) is 12.2. The van der Waals surface area contributed by atoms with E-state index in [1.165, 1.54) is 11.3 Å². The van der Waals surface area contributed by atoms with Crippen LogP contribution in [0.25, 0.3) is 0 Å². The van der Waals surface area contributed by atoms with Gasteiger partial charge in [0.1, 0.15) is 0 Å². The third kappa shape index (κ3) is 3.81. The molecule has 1 atom stereocenters. The average Bonchev–Trinajstić information content (AvgIpc) is 2.53. The van der Waals surface area contributed by atoms with E-state index in [4.69, 9.17) is 5.73 Å². The van der Waals surface area contributed by atoms with E-state index < -0.39 is 0 Å². The number of aromatic nitrogens is 1. The number of hydrogen-bond acceptors (Lipinski definition) is 3. The summed E-state index contributed by atoms with van der Waals surface area (Å²) in [5.74, 6) is 0. The Balaban J connectivity index is 1.94. The standard InChI is InChI=1S/C17H23N3/c1-3-17(18)14-7-9-16(10-8-14)20(2)13-11-15-6-4-5-12-19-15/h4-10,12,17H,3,11,13,18H2,1-2H3/t17-/m0/s1. The largest absolute Gasteiger partial charge is 0.374 e. The van der Waals surface area contributed by atoms with Crippen molar-refractivity contribution in [1.82, 2.24) is 4.98 Å². The van der Waals surface area contributed by atoms with Crippen LogP contribution in [0.5, 0.6) is 0 Å². The van der Waals surface area contributed by atoms with Gasteiger partial charge in [-0.2, -0.15) is 0 Å². The lowest BCUT2D eigenvalue weighted by Gasteiger charge is -2.20. The SMILES string of the molecule is CC[C@H](N)c1ccc(N(C)CCc2ccccn2)cc1. The summed E-state index contributed by atoms with van der Waals surface area (Å²) in [7, 11) is 2.11. The van der Waals surface area contributed by atoms with E-state index in [0.29, 0.717) is 0 Å². The Bertz CT molecular complexity index is 508. The van der Waals surface area contributed by atoms with Crippen LogP contribution in [-0.4, -0.2) is 18.6 Å². The maximum absolute atomic E-state index is 6.03. The fraction of sp³-hybridized carbons (Fsp3) is 0.353. The molecule has 0 saturated carbocycles. The molecule has 0 aliphatic heterocycles. The van der Waals surface area contributed by atoms with E-state index in [9.17, 15) is 0 Å². The van der Waals surface area contributed by atoms with Crippen LogP contribution >= 0.6 is 0 Å². The molecule has 2 aromatic rings. The van der Waals surface area contributed by atoms with Crippen molar-refractivity contribution in [1.29, 1.82) is 0 Å². The maximum atomic E-state index is 6.03. The number of pyridine rings is 1. The van der Waals surface area contributed by atoms with E-state index in [1.54, 1.807) is 0 Å². The number of rotatable bonds is 6. The molecule has 1 aromatic heterocycles. The highest BCUT2D eigenvalue weighted by atomic mass is 15.1. The quantitative estimate of drug-likeness (QED) is 0.876. The topological polar surface area (TPSA) is 42.1 Å². The number of benzene rings is 1. The lowest BCUT2D eigenvalue weighted by Crippen LogP contribution is -2.20. The summed E-state index contributed by atoms with van der Waals surface area (Å²) in [6.07, 6.45) is 3.76. The molecule has 0 aliphatic rings. The molecule has 0 aliphatic carbocycles. The Labute approximate surface area is 121 Å². The van der Waals surface area contributed by atoms with Gasteiger partial charge in [0.05, 0.1) is 0 Å². The molecule has 1 heterocycles. The molecule has 0 amide bonds. The summed E-state index contributed by atoms with van der Waals surface area (Å²) in [5, 5.41) is 0. The van der Waals surface area contributed by atoms with Gasteiger partial charge in [0, 0.05) is 43.6 Å². The Morgan fingerprint density at radius 1 is 1.15 bits per heavy atom. The van der Waals surface area contributed by atoms with E-state index in [0.717, 1.165) is 25.1 Å². The summed E-state index contributed by atoms with van der Waals surface area (Å²) in [4.78, 5) is 6.60. The second-order valence-corrected chi connectivity index (χ2v) is 5.10. The van der Waals surface area contributed by atoms with Crippen LogP contribution in [0.1, 0.15) is 30.6 Å². The van der Waals surface area contributed by atoms with E-state index >= 15 is 0 Å². The molecular formula is C17H23N3. The number of nitrogens with two attached hydrogens (primary N) is 1. The fourth-order valence-corrected chi connectivity index (χ4v) is 2.17. The molecule has 20 heavy (non-hydrogen) atoms. The maximum Gasteiger partial charge on any atom is 0.0421 e. The number of nitrogens with zero attached hydrogens (tertiary/aromatic N) is 2. The van der Waals surface area contributed by atoms with Gasteiger partial charge in [0.2, 0.25) is 0 Å². The molecule has 0 unspecified atom stereocenters. The van der Waals surface area contributed by atoms with E-state index in [1.807, 2.05) is 18.3 Å². The van der Waals surface area contributed by atoms with Crippen LogP contribution in [-0.2, 0) is 6.42 Å².